The predicted octanol–water partition coefficient (Wildman–Crippen LogP) is 2.95. The molecule has 0 N–H and O–H groups in total. The Labute approximate surface area is 94.5 Å². The number of benzene rings is 1. The zero-order valence-corrected chi connectivity index (χ0v) is 9.17. The molecule has 0 saturated heterocycles. The molecule has 0 aromatic heterocycles. The monoisotopic (exact) mass is 224 g/mol. The lowest BCUT2D eigenvalue weighted by Crippen LogP contribution is -1.94. The van der Waals surface area contributed by atoms with Crippen molar-refractivity contribution in [1.29, 1.82) is 0 Å². The van der Waals surface area contributed by atoms with Gasteiger partial charge in [0.05, 0.1) is 0 Å². The third-order valence-corrected chi connectivity index (χ3v) is 2.09. The smallest absolute Gasteiger partial charge is 0.221 e. The minimum atomic E-state index is -0.304. The Hall–Kier alpha value is -1.28. The first-order valence-corrected chi connectivity index (χ1v) is 5.11. The van der Waals surface area contributed by atoms with Crippen molar-refractivity contribution >= 4 is 16.8 Å². The van der Waals surface area contributed by atoms with Crippen LogP contribution >= 0.6 is 11.6 Å². The van der Waals surface area contributed by atoms with Crippen molar-refractivity contribution in [2.45, 2.75) is 12.8 Å². The van der Waals surface area contributed by atoms with Crippen molar-refractivity contribution in [2.24, 2.45) is 0 Å². The van der Waals surface area contributed by atoms with E-state index in [1.54, 1.807) is 6.08 Å². The first kappa shape index (κ1) is 11.8. The Balaban J connectivity index is 2.48. The van der Waals surface area contributed by atoms with Crippen LogP contribution in [-0.4, -0.2) is 11.8 Å². The van der Waals surface area contributed by atoms with Crippen LogP contribution in [-0.2, 0) is 11.2 Å². The molecule has 0 unspecified atom stereocenters. The molecule has 15 heavy (non-hydrogen) atoms. The molecule has 1 aromatic carbocycles. The zero-order valence-electron chi connectivity index (χ0n) is 8.41. The molecule has 1 aromatic rings. The summed E-state index contributed by atoms with van der Waals surface area (Å²) in [5, 5.41) is -0.304. The van der Waals surface area contributed by atoms with E-state index in [0.717, 1.165) is 11.3 Å². The van der Waals surface area contributed by atoms with Gasteiger partial charge in [-0.05, 0) is 35.7 Å². The lowest BCUT2D eigenvalue weighted by Gasteiger charge is -2.04. The van der Waals surface area contributed by atoms with E-state index in [1.807, 2.05) is 24.3 Å². The van der Waals surface area contributed by atoms with E-state index in [2.05, 4.69) is 6.58 Å². The summed E-state index contributed by atoms with van der Waals surface area (Å²) in [5.74, 6) is 0.802. The fourth-order valence-electron chi connectivity index (χ4n) is 1.15. The molecular formula is C12H13ClO2. The first-order chi connectivity index (χ1) is 7.22. The molecule has 0 bridgehead atoms. The number of carbonyl (C=O) groups is 1. The maximum absolute atomic E-state index is 10.6. The number of aryl methyl sites for hydroxylation is 1. The summed E-state index contributed by atoms with van der Waals surface area (Å²) < 4.78 is 5.32. The fourth-order valence-corrected chi connectivity index (χ4v) is 1.24. The third kappa shape index (κ3) is 4.66. The van der Waals surface area contributed by atoms with E-state index in [-0.39, 0.29) is 5.24 Å². The summed E-state index contributed by atoms with van der Waals surface area (Å²) in [6.07, 6.45) is 2.73. The largest absolute Gasteiger partial charge is 0.490 e. The lowest BCUT2D eigenvalue weighted by molar-refractivity contribution is -0.111. The fraction of sp³-hybridized carbons (Fsp3) is 0.250. The average molecular weight is 225 g/mol. The Morgan fingerprint density at radius 2 is 2.07 bits per heavy atom. The highest BCUT2D eigenvalue weighted by Gasteiger charge is 1.98. The van der Waals surface area contributed by atoms with Crippen LogP contribution in [0.1, 0.15) is 12.0 Å². The summed E-state index contributed by atoms with van der Waals surface area (Å²) >= 11 is 5.25. The van der Waals surface area contributed by atoms with Gasteiger partial charge in [0, 0.05) is 6.42 Å². The van der Waals surface area contributed by atoms with Gasteiger partial charge in [-0.25, -0.2) is 0 Å². The van der Waals surface area contributed by atoms with Gasteiger partial charge in [0.15, 0.2) is 0 Å². The first-order valence-electron chi connectivity index (χ1n) is 4.73. The second-order valence-electron chi connectivity index (χ2n) is 3.10. The summed E-state index contributed by atoms with van der Waals surface area (Å²) in [6.45, 7) is 4.06. The summed E-state index contributed by atoms with van der Waals surface area (Å²) in [5.41, 5.74) is 1.08. The molecule has 80 valence electrons. The van der Waals surface area contributed by atoms with Crippen molar-refractivity contribution in [3.05, 3.63) is 42.5 Å². The van der Waals surface area contributed by atoms with Gasteiger partial charge >= 0.3 is 0 Å². The summed E-state index contributed by atoms with van der Waals surface area (Å²) in [6, 6.07) is 7.60. The van der Waals surface area contributed by atoms with Crippen LogP contribution in [0, 0.1) is 0 Å². The normalized spacial score (nSPS) is 9.67. The third-order valence-electron chi connectivity index (χ3n) is 1.90. The Morgan fingerprint density at radius 3 is 2.60 bits per heavy atom. The second kappa shape index (κ2) is 6.25. The van der Waals surface area contributed by atoms with Gasteiger partial charge in [-0.1, -0.05) is 24.8 Å². The number of carbonyl (C=O) groups excluding carboxylic acids is 1. The molecule has 0 atom stereocenters. The number of ether oxygens (including phenoxy) is 1. The van der Waals surface area contributed by atoms with E-state index in [4.69, 9.17) is 16.3 Å². The molecule has 0 fully saturated rings. The van der Waals surface area contributed by atoms with Gasteiger partial charge in [-0.15, -0.1) is 0 Å². The maximum Gasteiger partial charge on any atom is 0.221 e. The molecule has 0 amide bonds. The summed E-state index contributed by atoms with van der Waals surface area (Å²) in [7, 11) is 0. The minimum absolute atomic E-state index is 0.304. The number of hydrogen-bond donors (Lipinski definition) is 0. The van der Waals surface area contributed by atoms with Crippen molar-refractivity contribution in [1.82, 2.24) is 0 Å². The van der Waals surface area contributed by atoms with E-state index < -0.39 is 0 Å². The molecule has 2 nitrogen and oxygen atoms in total. The number of hydrogen-bond acceptors (Lipinski definition) is 2. The highest BCUT2D eigenvalue weighted by Crippen LogP contribution is 2.13. The van der Waals surface area contributed by atoms with Crippen LogP contribution < -0.4 is 4.74 Å². The minimum Gasteiger partial charge on any atom is -0.490 e. The van der Waals surface area contributed by atoms with Crippen LogP contribution in [0.3, 0.4) is 0 Å². The van der Waals surface area contributed by atoms with Crippen LogP contribution in [0.5, 0.6) is 5.75 Å². The molecule has 0 radical (unpaired) electrons. The standard InChI is InChI=1S/C12H13ClO2/c1-2-9-15-11-6-3-10(4-7-11)5-8-12(13)14/h2-4,6-7H,1,5,8-9H2. The van der Waals surface area contributed by atoms with Gasteiger partial charge < -0.3 is 4.74 Å². The molecule has 0 saturated carbocycles. The van der Waals surface area contributed by atoms with Crippen LogP contribution in [0.15, 0.2) is 36.9 Å². The van der Waals surface area contributed by atoms with E-state index >= 15 is 0 Å². The SMILES string of the molecule is C=CCOc1ccc(CCC(=O)Cl)cc1. The van der Waals surface area contributed by atoms with Crippen LogP contribution in [0.25, 0.3) is 0 Å². The quantitative estimate of drug-likeness (QED) is 0.549. The van der Waals surface area contributed by atoms with Gasteiger partial charge in [0.2, 0.25) is 5.24 Å². The van der Waals surface area contributed by atoms with Crippen molar-refractivity contribution in [3.8, 4) is 5.75 Å². The Morgan fingerprint density at radius 1 is 1.40 bits per heavy atom. The van der Waals surface area contributed by atoms with Gasteiger partial charge in [0.25, 0.3) is 0 Å². The number of rotatable bonds is 6. The molecule has 3 heteroatoms. The van der Waals surface area contributed by atoms with E-state index in [9.17, 15) is 4.79 Å². The molecular weight excluding hydrogens is 212 g/mol. The zero-order chi connectivity index (χ0) is 11.1. The average Bonchev–Trinajstić information content (AvgIpc) is 2.25. The Kier molecular flexibility index (Phi) is 4.91. The lowest BCUT2D eigenvalue weighted by atomic mass is 10.1. The van der Waals surface area contributed by atoms with E-state index in [0.29, 0.717) is 19.4 Å². The molecule has 0 heterocycles. The van der Waals surface area contributed by atoms with Gasteiger partial charge in [-0.2, -0.15) is 0 Å². The molecule has 0 aliphatic rings. The highest BCUT2D eigenvalue weighted by atomic mass is 35.5. The second-order valence-corrected chi connectivity index (χ2v) is 3.52. The molecule has 1 rings (SSSR count). The van der Waals surface area contributed by atoms with Crippen molar-refractivity contribution in [3.63, 3.8) is 0 Å². The Bertz CT molecular complexity index is 330. The van der Waals surface area contributed by atoms with Crippen molar-refractivity contribution < 1.29 is 9.53 Å². The molecule has 0 aliphatic heterocycles. The van der Waals surface area contributed by atoms with Gasteiger partial charge in [0.1, 0.15) is 12.4 Å². The van der Waals surface area contributed by atoms with Gasteiger partial charge in [-0.3, -0.25) is 4.79 Å². The topological polar surface area (TPSA) is 26.3 Å². The summed E-state index contributed by atoms with van der Waals surface area (Å²) in [4.78, 5) is 10.6. The predicted molar refractivity (Wildman–Crippen MR) is 61.3 cm³/mol. The van der Waals surface area contributed by atoms with Crippen molar-refractivity contribution in [2.75, 3.05) is 6.61 Å². The highest BCUT2D eigenvalue weighted by molar-refractivity contribution is 6.63. The maximum atomic E-state index is 10.6. The van der Waals surface area contributed by atoms with E-state index in [1.165, 1.54) is 0 Å². The molecule has 0 spiro atoms. The van der Waals surface area contributed by atoms with Crippen LogP contribution in [0.4, 0.5) is 0 Å². The molecule has 0 aliphatic carbocycles. The number of halogens is 1. The van der Waals surface area contributed by atoms with Crippen LogP contribution in [0.2, 0.25) is 0 Å².